The molecule has 3 aromatic rings. The molecule has 34 heavy (non-hydrogen) atoms. The molecule has 2 aromatic heterocycles. The van der Waals surface area contributed by atoms with Crippen LogP contribution >= 0.6 is 11.3 Å². The topological polar surface area (TPSA) is 135 Å². The molecule has 0 unspecified atom stereocenters. The highest BCUT2D eigenvalue weighted by atomic mass is 32.2. The standard InChI is InChI=1S/C23H17N7O2S2/c1-15-10-19(11-16(2)27-15)21-20(18-5-3-4-17(12-18)13-24)28-22(33-21)29-23(31)30-6-8-34(32,9-7-30)26-14-25/h3-12H,1-2H3,(H,28,29,31). The van der Waals surface area contributed by atoms with Gasteiger partial charge >= 0.3 is 6.03 Å². The smallest absolute Gasteiger partial charge is 0.283 e. The summed E-state index contributed by atoms with van der Waals surface area (Å²) < 4.78 is 15.6. The molecule has 1 aliphatic rings. The molecule has 9 nitrogen and oxygen atoms in total. The third-order valence-electron chi connectivity index (χ3n) is 4.70. The van der Waals surface area contributed by atoms with Crippen molar-refractivity contribution in [3.63, 3.8) is 0 Å². The quantitative estimate of drug-likeness (QED) is 0.511. The average molecular weight is 488 g/mol. The average Bonchev–Trinajstić information content (AvgIpc) is 3.23. The van der Waals surface area contributed by atoms with Gasteiger partial charge in [0.25, 0.3) is 0 Å². The van der Waals surface area contributed by atoms with Crippen LogP contribution in [0.4, 0.5) is 9.93 Å². The fraction of sp³-hybridized carbons (Fsp3) is 0.0870. The summed E-state index contributed by atoms with van der Waals surface area (Å²) >= 11 is 1.29. The van der Waals surface area contributed by atoms with Gasteiger partial charge in [-0.1, -0.05) is 23.5 Å². The van der Waals surface area contributed by atoms with Crippen molar-refractivity contribution in [3.05, 3.63) is 76.6 Å². The molecule has 0 atom stereocenters. The molecule has 11 heteroatoms. The summed E-state index contributed by atoms with van der Waals surface area (Å²) in [5.41, 5.74) is 4.47. The Kier molecular flexibility index (Phi) is 6.23. The Balaban J connectivity index is 1.71. The minimum absolute atomic E-state index is 0.347. The summed E-state index contributed by atoms with van der Waals surface area (Å²) in [6.45, 7) is 3.81. The summed E-state index contributed by atoms with van der Waals surface area (Å²) in [4.78, 5) is 23.9. The number of pyridine rings is 1. The monoisotopic (exact) mass is 487 g/mol. The van der Waals surface area contributed by atoms with E-state index in [-0.39, 0.29) is 0 Å². The van der Waals surface area contributed by atoms with Gasteiger partial charge < -0.3 is 0 Å². The Morgan fingerprint density at radius 1 is 1.09 bits per heavy atom. The molecule has 4 rings (SSSR count). The minimum Gasteiger partial charge on any atom is -0.283 e. The number of hydrogen-bond donors (Lipinski definition) is 1. The fourth-order valence-electron chi connectivity index (χ4n) is 3.28. The number of rotatable bonds is 3. The third kappa shape index (κ3) is 4.86. The Hall–Kier alpha value is -4.32. The normalized spacial score (nSPS) is 13.7. The Labute approximate surface area is 200 Å². The Bertz CT molecular complexity index is 1520. The first-order chi connectivity index (χ1) is 16.3. The number of aromatic nitrogens is 2. The number of nitrogens with one attached hydrogen (secondary N) is 1. The van der Waals surface area contributed by atoms with Gasteiger partial charge in [0.1, 0.15) is 9.73 Å². The van der Waals surface area contributed by atoms with Crippen LogP contribution in [0.3, 0.4) is 0 Å². The Morgan fingerprint density at radius 3 is 2.44 bits per heavy atom. The van der Waals surface area contributed by atoms with E-state index in [2.05, 4.69) is 25.7 Å². The number of hydrogen-bond acceptors (Lipinski definition) is 8. The molecule has 1 aliphatic heterocycles. The number of nitriles is 2. The number of amides is 2. The molecule has 1 aromatic carbocycles. The summed E-state index contributed by atoms with van der Waals surface area (Å²) in [5.74, 6) is 0. The molecule has 1 N–H and O–H groups in total. The lowest BCUT2D eigenvalue weighted by atomic mass is 10.0. The zero-order chi connectivity index (χ0) is 24.3. The third-order valence-corrected chi connectivity index (χ3v) is 7.11. The molecule has 168 valence electrons. The van der Waals surface area contributed by atoms with E-state index in [0.717, 1.165) is 27.4 Å². The molecule has 0 saturated carbocycles. The van der Waals surface area contributed by atoms with Crippen molar-refractivity contribution in [2.75, 3.05) is 5.32 Å². The molecule has 0 saturated heterocycles. The highest BCUT2D eigenvalue weighted by Gasteiger charge is 2.20. The number of urea groups is 1. The highest BCUT2D eigenvalue weighted by molar-refractivity contribution is 7.99. The second kappa shape index (κ2) is 9.27. The molecule has 0 fully saturated rings. The maximum absolute atomic E-state index is 12.8. The number of anilines is 1. The minimum atomic E-state index is -2.93. The largest absolute Gasteiger partial charge is 0.331 e. The van der Waals surface area contributed by atoms with Crippen molar-refractivity contribution in [1.29, 1.82) is 10.5 Å². The van der Waals surface area contributed by atoms with Crippen LogP contribution in [0.5, 0.6) is 0 Å². The summed E-state index contributed by atoms with van der Waals surface area (Å²) in [6, 6.07) is 12.6. The van der Waals surface area contributed by atoms with Gasteiger partial charge in [-0.15, -0.1) is 4.36 Å². The van der Waals surface area contributed by atoms with Crippen molar-refractivity contribution in [3.8, 4) is 34.0 Å². The van der Waals surface area contributed by atoms with E-state index in [0.29, 0.717) is 16.4 Å². The zero-order valence-corrected chi connectivity index (χ0v) is 19.7. The van der Waals surface area contributed by atoms with Crippen LogP contribution in [-0.2, 0) is 9.73 Å². The highest BCUT2D eigenvalue weighted by Crippen LogP contribution is 2.39. The fourth-order valence-corrected chi connectivity index (χ4v) is 5.20. The van der Waals surface area contributed by atoms with Gasteiger partial charge in [0, 0.05) is 40.2 Å². The first kappa shape index (κ1) is 22.9. The van der Waals surface area contributed by atoms with E-state index < -0.39 is 15.8 Å². The maximum atomic E-state index is 12.8. The lowest BCUT2D eigenvalue weighted by Crippen LogP contribution is -2.27. The van der Waals surface area contributed by atoms with Crippen LogP contribution in [-0.4, -0.2) is 25.1 Å². The van der Waals surface area contributed by atoms with Crippen molar-refractivity contribution >= 4 is 32.2 Å². The predicted octanol–water partition coefficient (Wildman–Crippen LogP) is 5.10. The molecule has 2 amide bonds. The summed E-state index contributed by atoms with van der Waals surface area (Å²) in [5, 5.41) is 23.5. The van der Waals surface area contributed by atoms with Crippen molar-refractivity contribution in [2.24, 2.45) is 4.36 Å². The maximum Gasteiger partial charge on any atom is 0.331 e. The van der Waals surface area contributed by atoms with Crippen LogP contribution < -0.4 is 5.32 Å². The van der Waals surface area contributed by atoms with Crippen LogP contribution in [0, 0.1) is 36.6 Å². The van der Waals surface area contributed by atoms with Gasteiger partial charge in [-0.3, -0.25) is 15.2 Å². The van der Waals surface area contributed by atoms with E-state index in [1.54, 1.807) is 18.2 Å². The second-order valence-electron chi connectivity index (χ2n) is 7.24. The second-order valence-corrected chi connectivity index (χ2v) is 10.2. The van der Waals surface area contributed by atoms with Gasteiger partial charge in [-0.25, -0.2) is 14.0 Å². The first-order valence-electron chi connectivity index (χ1n) is 9.88. The van der Waals surface area contributed by atoms with E-state index >= 15 is 0 Å². The molecule has 0 spiro atoms. The summed E-state index contributed by atoms with van der Waals surface area (Å²) in [7, 11) is -2.93. The number of nitrogens with zero attached hydrogens (tertiary/aromatic N) is 6. The van der Waals surface area contributed by atoms with Gasteiger partial charge in [-0.2, -0.15) is 10.5 Å². The van der Waals surface area contributed by atoms with E-state index in [9.17, 15) is 14.3 Å². The number of benzene rings is 1. The molecule has 0 bridgehead atoms. The van der Waals surface area contributed by atoms with Crippen molar-refractivity contribution < 1.29 is 9.00 Å². The van der Waals surface area contributed by atoms with Crippen LogP contribution in [0.1, 0.15) is 17.0 Å². The van der Waals surface area contributed by atoms with Gasteiger partial charge in [0.15, 0.2) is 5.13 Å². The lowest BCUT2D eigenvalue weighted by Gasteiger charge is -2.16. The Morgan fingerprint density at radius 2 is 1.79 bits per heavy atom. The number of carbonyl (C=O) groups is 1. The van der Waals surface area contributed by atoms with Crippen LogP contribution in [0.15, 0.2) is 64.0 Å². The number of carbonyl (C=O) groups excluding carboxylic acids is 1. The molecule has 0 aliphatic carbocycles. The van der Waals surface area contributed by atoms with E-state index in [4.69, 9.17) is 5.26 Å². The SMILES string of the molecule is Cc1cc(-c2sc(NC(=O)N3C=CS(=O)(=NC#N)C=C3)nc2-c2cccc(C#N)c2)cc(C)n1. The summed E-state index contributed by atoms with van der Waals surface area (Å²) in [6.07, 6.45) is 4.10. The molecule has 0 radical (unpaired) electrons. The zero-order valence-electron chi connectivity index (χ0n) is 18.1. The number of thiazole rings is 1. The van der Waals surface area contributed by atoms with Crippen molar-refractivity contribution in [2.45, 2.75) is 13.8 Å². The first-order valence-corrected chi connectivity index (χ1v) is 12.3. The van der Waals surface area contributed by atoms with E-state index in [1.807, 2.05) is 32.0 Å². The van der Waals surface area contributed by atoms with Gasteiger partial charge in [0.05, 0.1) is 22.2 Å². The van der Waals surface area contributed by atoms with Crippen LogP contribution in [0.25, 0.3) is 21.7 Å². The van der Waals surface area contributed by atoms with Gasteiger partial charge in [-0.05, 0) is 43.7 Å². The van der Waals surface area contributed by atoms with E-state index in [1.165, 1.54) is 45.6 Å². The van der Waals surface area contributed by atoms with Crippen molar-refractivity contribution in [1.82, 2.24) is 14.9 Å². The molecule has 3 heterocycles. The predicted molar refractivity (Wildman–Crippen MR) is 130 cm³/mol. The molecular weight excluding hydrogens is 470 g/mol. The van der Waals surface area contributed by atoms with Crippen LogP contribution in [0.2, 0.25) is 0 Å². The lowest BCUT2D eigenvalue weighted by molar-refractivity contribution is 0.239. The molecular formula is C23H17N7O2S2. The van der Waals surface area contributed by atoms with Gasteiger partial charge in [0.2, 0.25) is 6.19 Å². The number of aryl methyl sites for hydroxylation is 2.